The molecule has 7 heteroatoms. The average molecular weight is 390 g/mol. The van der Waals surface area contributed by atoms with Crippen molar-refractivity contribution in [3.8, 4) is 5.69 Å². The number of anilines is 2. The standard InChI is InChI=1S/C22H22N4O3/c1-29-14-20(27)23-15-10-12-16(13-11-15)24-22(28)21-18-8-5-9-19(18)26(25-21)17-6-3-2-4-7-17/h2-4,6-7,10-13H,5,8-9,14H2,1H3,(H,23,27)(H,24,28). The molecule has 3 aromatic rings. The highest BCUT2D eigenvalue weighted by atomic mass is 16.5. The molecule has 0 atom stereocenters. The van der Waals surface area contributed by atoms with Gasteiger partial charge in [-0.25, -0.2) is 4.68 Å². The zero-order valence-corrected chi connectivity index (χ0v) is 16.1. The fourth-order valence-corrected chi connectivity index (χ4v) is 3.56. The summed E-state index contributed by atoms with van der Waals surface area (Å²) in [5.74, 6) is -0.458. The van der Waals surface area contributed by atoms with E-state index in [0.717, 1.165) is 36.2 Å². The minimum Gasteiger partial charge on any atom is -0.375 e. The van der Waals surface area contributed by atoms with E-state index in [0.29, 0.717) is 17.1 Å². The van der Waals surface area contributed by atoms with Crippen LogP contribution in [0.5, 0.6) is 0 Å². The Balaban J connectivity index is 1.51. The van der Waals surface area contributed by atoms with Crippen LogP contribution in [-0.2, 0) is 22.4 Å². The van der Waals surface area contributed by atoms with E-state index in [2.05, 4.69) is 15.7 Å². The summed E-state index contributed by atoms with van der Waals surface area (Å²) in [6.45, 7) is -0.00628. The van der Waals surface area contributed by atoms with Gasteiger partial charge in [-0.1, -0.05) is 18.2 Å². The van der Waals surface area contributed by atoms with Gasteiger partial charge in [0.25, 0.3) is 5.91 Å². The number of rotatable bonds is 6. The zero-order chi connectivity index (χ0) is 20.2. The molecular weight excluding hydrogens is 368 g/mol. The molecule has 0 spiro atoms. The predicted octanol–water partition coefficient (Wildman–Crippen LogP) is 3.20. The van der Waals surface area contributed by atoms with Crippen molar-refractivity contribution in [1.82, 2.24) is 9.78 Å². The second kappa shape index (κ2) is 8.28. The monoisotopic (exact) mass is 390 g/mol. The van der Waals surface area contributed by atoms with Crippen molar-refractivity contribution in [1.29, 1.82) is 0 Å². The molecule has 2 aromatic carbocycles. The van der Waals surface area contributed by atoms with Crippen LogP contribution in [0.2, 0.25) is 0 Å². The van der Waals surface area contributed by atoms with Gasteiger partial charge in [-0.3, -0.25) is 9.59 Å². The van der Waals surface area contributed by atoms with Gasteiger partial charge in [-0.05, 0) is 55.7 Å². The predicted molar refractivity (Wildman–Crippen MR) is 110 cm³/mol. The van der Waals surface area contributed by atoms with Crippen LogP contribution in [0.4, 0.5) is 11.4 Å². The topological polar surface area (TPSA) is 85.2 Å². The lowest BCUT2D eigenvalue weighted by Crippen LogP contribution is -2.17. The Hall–Kier alpha value is -3.45. The first-order chi connectivity index (χ1) is 14.2. The molecule has 1 aliphatic rings. The third kappa shape index (κ3) is 4.05. The fourth-order valence-electron chi connectivity index (χ4n) is 3.56. The number of hydrogen-bond acceptors (Lipinski definition) is 4. The van der Waals surface area contributed by atoms with Gasteiger partial charge in [-0.2, -0.15) is 5.10 Å². The van der Waals surface area contributed by atoms with Crippen molar-refractivity contribution < 1.29 is 14.3 Å². The second-order valence-corrected chi connectivity index (χ2v) is 6.89. The highest BCUT2D eigenvalue weighted by Crippen LogP contribution is 2.28. The van der Waals surface area contributed by atoms with Crippen LogP contribution in [0.25, 0.3) is 5.69 Å². The van der Waals surface area contributed by atoms with Gasteiger partial charge in [0.05, 0.1) is 5.69 Å². The van der Waals surface area contributed by atoms with Crippen LogP contribution in [0.1, 0.15) is 28.2 Å². The van der Waals surface area contributed by atoms with E-state index >= 15 is 0 Å². The minimum atomic E-state index is -0.230. The Morgan fingerprint density at radius 3 is 2.38 bits per heavy atom. The number of carbonyl (C=O) groups excluding carboxylic acids is 2. The number of para-hydroxylation sites is 1. The zero-order valence-electron chi connectivity index (χ0n) is 16.1. The van der Waals surface area contributed by atoms with E-state index in [4.69, 9.17) is 4.74 Å². The van der Waals surface area contributed by atoms with Crippen LogP contribution in [0, 0.1) is 0 Å². The van der Waals surface area contributed by atoms with Crippen molar-refractivity contribution in [2.45, 2.75) is 19.3 Å². The lowest BCUT2D eigenvalue weighted by Gasteiger charge is -2.07. The Morgan fingerprint density at radius 1 is 1.00 bits per heavy atom. The quantitative estimate of drug-likeness (QED) is 0.677. The van der Waals surface area contributed by atoms with Gasteiger partial charge >= 0.3 is 0 Å². The largest absolute Gasteiger partial charge is 0.375 e. The number of carbonyl (C=O) groups is 2. The van der Waals surface area contributed by atoms with Crippen LogP contribution >= 0.6 is 0 Å². The van der Waals surface area contributed by atoms with E-state index in [-0.39, 0.29) is 18.4 Å². The van der Waals surface area contributed by atoms with Crippen LogP contribution in [0.3, 0.4) is 0 Å². The molecule has 4 rings (SSSR count). The van der Waals surface area contributed by atoms with Gasteiger partial charge in [0.15, 0.2) is 5.69 Å². The van der Waals surface area contributed by atoms with E-state index < -0.39 is 0 Å². The molecule has 0 aliphatic heterocycles. The van der Waals surface area contributed by atoms with Crippen molar-refractivity contribution >= 4 is 23.2 Å². The van der Waals surface area contributed by atoms with E-state index in [1.54, 1.807) is 24.3 Å². The van der Waals surface area contributed by atoms with Gasteiger partial charge in [0.1, 0.15) is 6.61 Å². The van der Waals surface area contributed by atoms with Gasteiger partial charge in [0.2, 0.25) is 5.91 Å². The van der Waals surface area contributed by atoms with E-state index in [1.807, 2.05) is 35.0 Å². The van der Waals surface area contributed by atoms with E-state index in [1.165, 1.54) is 7.11 Å². The third-order valence-corrected chi connectivity index (χ3v) is 4.85. The van der Waals surface area contributed by atoms with Gasteiger partial charge in [0, 0.05) is 29.7 Å². The molecule has 2 amide bonds. The average Bonchev–Trinajstić information content (AvgIpc) is 3.33. The molecule has 2 N–H and O–H groups in total. The molecule has 0 fully saturated rings. The Bertz CT molecular complexity index is 1030. The number of amides is 2. The Kier molecular flexibility index (Phi) is 5.39. The maximum absolute atomic E-state index is 12.9. The fraction of sp³-hybridized carbons (Fsp3) is 0.227. The molecule has 0 saturated heterocycles. The molecule has 1 heterocycles. The second-order valence-electron chi connectivity index (χ2n) is 6.89. The molecule has 1 aromatic heterocycles. The molecular formula is C22H22N4O3. The first-order valence-corrected chi connectivity index (χ1v) is 9.52. The van der Waals surface area contributed by atoms with Gasteiger partial charge in [-0.15, -0.1) is 0 Å². The summed E-state index contributed by atoms with van der Waals surface area (Å²) in [7, 11) is 1.47. The van der Waals surface area contributed by atoms with Crippen molar-refractivity contribution in [2.24, 2.45) is 0 Å². The maximum Gasteiger partial charge on any atom is 0.276 e. The number of benzene rings is 2. The SMILES string of the molecule is COCC(=O)Nc1ccc(NC(=O)c2nn(-c3ccccc3)c3c2CCC3)cc1. The molecule has 0 unspecified atom stereocenters. The molecule has 148 valence electrons. The number of nitrogens with one attached hydrogen (secondary N) is 2. The molecule has 29 heavy (non-hydrogen) atoms. The number of hydrogen-bond donors (Lipinski definition) is 2. The lowest BCUT2D eigenvalue weighted by atomic mass is 10.2. The van der Waals surface area contributed by atoms with E-state index in [9.17, 15) is 9.59 Å². The van der Waals surface area contributed by atoms with Gasteiger partial charge < -0.3 is 15.4 Å². The molecule has 1 aliphatic carbocycles. The number of fused-ring (bicyclic) bond motifs is 1. The Morgan fingerprint density at radius 2 is 1.69 bits per heavy atom. The maximum atomic E-state index is 12.9. The summed E-state index contributed by atoms with van der Waals surface area (Å²) in [5.41, 5.74) is 4.84. The first kappa shape index (κ1) is 18.9. The number of ether oxygens (including phenoxy) is 1. The smallest absolute Gasteiger partial charge is 0.276 e. The first-order valence-electron chi connectivity index (χ1n) is 9.52. The lowest BCUT2D eigenvalue weighted by molar-refractivity contribution is -0.119. The highest BCUT2D eigenvalue weighted by molar-refractivity contribution is 6.04. The molecule has 0 bridgehead atoms. The highest BCUT2D eigenvalue weighted by Gasteiger charge is 2.26. The normalized spacial score (nSPS) is 12.4. The number of methoxy groups -OCH3 is 1. The molecule has 0 saturated carbocycles. The number of aromatic nitrogens is 2. The molecule has 7 nitrogen and oxygen atoms in total. The number of nitrogens with zero attached hydrogens (tertiary/aromatic N) is 2. The molecule has 0 radical (unpaired) electrons. The summed E-state index contributed by atoms with van der Waals surface area (Å²) in [5, 5.41) is 10.2. The third-order valence-electron chi connectivity index (χ3n) is 4.85. The summed E-state index contributed by atoms with van der Waals surface area (Å²) in [6, 6.07) is 16.8. The van der Waals surface area contributed by atoms with Crippen molar-refractivity contribution in [3.63, 3.8) is 0 Å². The Labute approximate surface area is 168 Å². The van der Waals surface area contributed by atoms with Crippen LogP contribution < -0.4 is 10.6 Å². The summed E-state index contributed by atoms with van der Waals surface area (Å²) in [4.78, 5) is 24.5. The van der Waals surface area contributed by atoms with Crippen molar-refractivity contribution in [3.05, 3.63) is 71.5 Å². The minimum absolute atomic E-state index is 0.00628. The van der Waals surface area contributed by atoms with Crippen LogP contribution in [0.15, 0.2) is 54.6 Å². The van der Waals surface area contributed by atoms with Crippen LogP contribution in [-0.4, -0.2) is 35.3 Å². The summed E-state index contributed by atoms with van der Waals surface area (Å²) < 4.78 is 6.67. The van der Waals surface area contributed by atoms with Crippen molar-refractivity contribution in [2.75, 3.05) is 24.4 Å². The summed E-state index contributed by atoms with van der Waals surface area (Å²) in [6.07, 6.45) is 2.80. The summed E-state index contributed by atoms with van der Waals surface area (Å²) >= 11 is 0.